The predicted molar refractivity (Wildman–Crippen MR) is 54.4 cm³/mol. The molecule has 0 aliphatic heterocycles. The molecule has 0 bridgehead atoms. The van der Waals surface area contributed by atoms with Gasteiger partial charge in [-0.05, 0) is 25.0 Å². The molecular weight excluding hydrogens is 181 g/mol. The third-order valence-electron chi connectivity index (χ3n) is 2.35. The fourth-order valence-corrected chi connectivity index (χ4v) is 1.33. The van der Waals surface area contributed by atoms with Crippen LogP contribution in [-0.4, -0.2) is 11.1 Å². The van der Waals surface area contributed by atoms with Gasteiger partial charge in [0.15, 0.2) is 0 Å². The van der Waals surface area contributed by atoms with E-state index in [0.29, 0.717) is 6.42 Å². The molecule has 0 aliphatic rings. The second-order valence-electron chi connectivity index (χ2n) is 3.54. The number of halogens is 1. The van der Waals surface area contributed by atoms with Crippen LogP contribution in [0.25, 0.3) is 0 Å². The Labute approximate surface area is 83.6 Å². The van der Waals surface area contributed by atoms with E-state index in [0.717, 1.165) is 5.56 Å². The third-order valence-corrected chi connectivity index (χ3v) is 2.35. The molecule has 2 nitrogen and oxygen atoms in total. The lowest BCUT2D eigenvalue weighted by atomic mass is 9.99. The van der Waals surface area contributed by atoms with Gasteiger partial charge < -0.3 is 10.8 Å². The Morgan fingerprint density at radius 2 is 2.14 bits per heavy atom. The van der Waals surface area contributed by atoms with E-state index in [2.05, 4.69) is 0 Å². The fourth-order valence-electron chi connectivity index (χ4n) is 1.33. The number of rotatable bonds is 3. The van der Waals surface area contributed by atoms with Crippen molar-refractivity contribution in [3.05, 3.63) is 35.1 Å². The third kappa shape index (κ3) is 2.30. The minimum Gasteiger partial charge on any atom is -0.387 e. The first kappa shape index (κ1) is 11.1. The quantitative estimate of drug-likeness (QED) is 0.777. The number of hydrogen-bond donors (Lipinski definition) is 2. The summed E-state index contributed by atoms with van der Waals surface area (Å²) in [4.78, 5) is 0. The highest BCUT2D eigenvalue weighted by atomic mass is 19.1. The van der Waals surface area contributed by atoms with Gasteiger partial charge in [-0.25, -0.2) is 4.39 Å². The standard InChI is InChI=1S/C11H16FNO/c1-3-10(13)11(14)8-5-4-7(2)6-9(8)12/h4-6,10-11,14H,3,13H2,1-2H3/t10-,11-/m0/s1. The second-order valence-corrected chi connectivity index (χ2v) is 3.54. The van der Waals surface area contributed by atoms with Gasteiger partial charge in [0.2, 0.25) is 0 Å². The summed E-state index contributed by atoms with van der Waals surface area (Å²) in [5.41, 5.74) is 6.76. The average molecular weight is 197 g/mol. The minimum atomic E-state index is -0.916. The monoisotopic (exact) mass is 197 g/mol. The van der Waals surface area contributed by atoms with Crippen LogP contribution in [0.15, 0.2) is 18.2 Å². The van der Waals surface area contributed by atoms with E-state index in [9.17, 15) is 9.50 Å². The summed E-state index contributed by atoms with van der Waals surface area (Å²) in [6.07, 6.45) is -0.297. The fraction of sp³-hybridized carbons (Fsp3) is 0.455. The summed E-state index contributed by atoms with van der Waals surface area (Å²) >= 11 is 0. The number of aryl methyl sites for hydroxylation is 1. The Hall–Kier alpha value is -0.930. The van der Waals surface area contributed by atoms with Crippen LogP contribution in [0.1, 0.15) is 30.6 Å². The topological polar surface area (TPSA) is 46.2 Å². The van der Waals surface area contributed by atoms with Crippen LogP contribution in [0.4, 0.5) is 4.39 Å². The normalized spacial score (nSPS) is 15.2. The van der Waals surface area contributed by atoms with Gasteiger partial charge in [0.1, 0.15) is 5.82 Å². The van der Waals surface area contributed by atoms with Gasteiger partial charge in [0, 0.05) is 11.6 Å². The van der Waals surface area contributed by atoms with Crippen LogP contribution in [0, 0.1) is 12.7 Å². The Kier molecular flexibility index (Phi) is 3.61. The molecule has 0 saturated carbocycles. The van der Waals surface area contributed by atoms with Crippen LogP contribution in [-0.2, 0) is 0 Å². The van der Waals surface area contributed by atoms with Crippen molar-refractivity contribution in [2.75, 3.05) is 0 Å². The highest BCUT2D eigenvalue weighted by Gasteiger charge is 2.18. The highest BCUT2D eigenvalue weighted by molar-refractivity contribution is 5.25. The molecule has 0 aliphatic carbocycles. The molecule has 0 amide bonds. The van der Waals surface area contributed by atoms with E-state index in [4.69, 9.17) is 5.73 Å². The summed E-state index contributed by atoms with van der Waals surface area (Å²) in [7, 11) is 0. The van der Waals surface area contributed by atoms with E-state index in [-0.39, 0.29) is 11.4 Å². The summed E-state index contributed by atoms with van der Waals surface area (Å²) in [5.74, 6) is -0.388. The van der Waals surface area contributed by atoms with Crippen LogP contribution in [0.3, 0.4) is 0 Å². The largest absolute Gasteiger partial charge is 0.387 e. The molecule has 0 radical (unpaired) electrons. The summed E-state index contributed by atoms with van der Waals surface area (Å²) in [6, 6.07) is 4.35. The van der Waals surface area contributed by atoms with Crippen molar-refractivity contribution in [3.63, 3.8) is 0 Å². The Bertz CT molecular complexity index is 314. The highest BCUT2D eigenvalue weighted by Crippen LogP contribution is 2.21. The Balaban J connectivity index is 2.95. The average Bonchev–Trinajstić information content (AvgIpc) is 2.15. The van der Waals surface area contributed by atoms with Gasteiger partial charge in [0.25, 0.3) is 0 Å². The molecule has 0 heterocycles. The molecule has 2 atom stereocenters. The number of nitrogens with two attached hydrogens (primary N) is 1. The lowest BCUT2D eigenvalue weighted by Gasteiger charge is -2.18. The molecule has 0 aromatic heterocycles. The SMILES string of the molecule is CC[C@H](N)[C@@H](O)c1ccc(C)cc1F. The van der Waals surface area contributed by atoms with Crippen molar-refractivity contribution in [1.29, 1.82) is 0 Å². The van der Waals surface area contributed by atoms with E-state index in [1.54, 1.807) is 19.1 Å². The second kappa shape index (κ2) is 4.53. The smallest absolute Gasteiger partial charge is 0.129 e. The van der Waals surface area contributed by atoms with Crippen molar-refractivity contribution in [3.8, 4) is 0 Å². The summed E-state index contributed by atoms with van der Waals surface area (Å²) in [6.45, 7) is 3.67. The van der Waals surface area contributed by atoms with E-state index in [1.165, 1.54) is 6.07 Å². The maximum atomic E-state index is 13.4. The van der Waals surface area contributed by atoms with Crippen LogP contribution >= 0.6 is 0 Å². The molecule has 78 valence electrons. The van der Waals surface area contributed by atoms with Crippen LogP contribution in [0.5, 0.6) is 0 Å². The molecule has 1 aromatic rings. The van der Waals surface area contributed by atoms with Crippen molar-refractivity contribution >= 4 is 0 Å². The van der Waals surface area contributed by atoms with Crippen LogP contribution in [0.2, 0.25) is 0 Å². The molecule has 1 rings (SSSR count). The lowest BCUT2D eigenvalue weighted by Crippen LogP contribution is -2.27. The first-order chi connectivity index (χ1) is 6.56. The van der Waals surface area contributed by atoms with Crippen molar-refractivity contribution in [2.24, 2.45) is 5.73 Å². The van der Waals surface area contributed by atoms with E-state index in [1.807, 2.05) is 6.92 Å². The molecular formula is C11H16FNO. The van der Waals surface area contributed by atoms with E-state index < -0.39 is 12.1 Å². The number of benzene rings is 1. The maximum Gasteiger partial charge on any atom is 0.129 e. The van der Waals surface area contributed by atoms with Crippen molar-refractivity contribution < 1.29 is 9.50 Å². The Morgan fingerprint density at radius 1 is 1.50 bits per heavy atom. The zero-order valence-electron chi connectivity index (χ0n) is 8.50. The van der Waals surface area contributed by atoms with E-state index >= 15 is 0 Å². The molecule has 14 heavy (non-hydrogen) atoms. The number of hydrogen-bond acceptors (Lipinski definition) is 2. The molecule has 0 fully saturated rings. The zero-order chi connectivity index (χ0) is 10.7. The molecule has 1 aromatic carbocycles. The zero-order valence-corrected chi connectivity index (χ0v) is 8.50. The van der Waals surface area contributed by atoms with Gasteiger partial charge in [-0.3, -0.25) is 0 Å². The molecule has 3 N–H and O–H groups in total. The predicted octanol–water partition coefficient (Wildman–Crippen LogP) is 1.90. The van der Waals surface area contributed by atoms with Gasteiger partial charge in [0.05, 0.1) is 6.10 Å². The van der Waals surface area contributed by atoms with Gasteiger partial charge in [-0.1, -0.05) is 19.1 Å². The molecule has 0 spiro atoms. The molecule has 0 saturated heterocycles. The van der Waals surface area contributed by atoms with Gasteiger partial charge in [-0.15, -0.1) is 0 Å². The summed E-state index contributed by atoms with van der Waals surface area (Å²) < 4.78 is 13.4. The van der Waals surface area contributed by atoms with Gasteiger partial charge >= 0.3 is 0 Å². The lowest BCUT2D eigenvalue weighted by molar-refractivity contribution is 0.140. The van der Waals surface area contributed by atoms with Gasteiger partial charge in [-0.2, -0.15) is 0 Å². The summed E-state index contributed by atoms with van der Waals surface area (Å²) in [5, 5.41) is 9.70. The number of aliphatic hydroxyl groups is 1. The first-order valence-electron chi connectivity index (χ1n) is 4.76. The minimum absolute atomic E-state index is 0.282. The van der Waals surface area contributed by atoms with Crippen LogP contribution < -0.4 is 5.73 Å². The molecule has 3 heteroatoms. The molecule has 0 unspecified atom stereocenters. The maximum absolute atomic E-state index is 13.4. The van der Waals surface area contributed by atoms with Crippen molar-refractivity contribution in [1.82, 2.24) is 0 Å². The van der Waals surface area contributed by atoms with Crippen molar-refractivity contribution in [2.45, 2.75) is 32.4 Å². The first-order valence-corrected chi connectivity index (χ1v) is 4.76. The Morgan fingerprint density at radius 3 is 2.64 bits per heavy atom. The number of aliphatic hydroxyl groups excluding tert-OH is 1.